The monoisotopic (exact) mass is 294 g/mol. The summed E-state index contributed by atoms with van der Waals surface area (Å²) >= 11 is 0. The molecule has 1 aliphatic carbocycles. The third-order valence-corrected chi connectivity index (χ3v) is 4.61. The first-order valence-corrected chi connectivity index (χ1v) is 7.80. The van der Waals surface area contributed by atoms with Gasteiger partial charge in [0.2, 0.25) is 11.8 Å². The summed E-state index contributed by atoms with van der Waals surface area (Å²) in [5, 5.41) is 3.20. The number of anilines is 1. The molecular formula is C15H23FN4O. The molecule has 1 aliphatic heterocycles. The fourth-order valence-electron chi connectivity index (χ4n) is 3.45. The molecule has 0 bridgehead atoms. The van der Waals surface area contributed by atoms with Crippen LogP contribution in [0, 0.1) is 11.7 Å². The summed E-state index contributed by atoms with van der Waals surface area (Å²) in [5.41, 5.74) is 0. The molecule has 0 amide bonds. The van der Waals surface area contributed by atoms with Gasteiger partial charge in [-0.1, -0.05) is 12.8 Å². The van der Waals surface area contributed by atoms with E-state index < -0.39 is 5.82 Å². The quantitative estimate of drug-likeness (QED) is 0.903. The van der Waals surface area contributed by atoms with E-state index in [0.717, 1.165) is 25.3 Å². The highest BCUT2D eigenvalue weighted by atomic mass is 19.1. The predicted molar refractivity (Wildman–Crippen MR) is 79.0 cm³/mol. The van der Waals surface area contributed by atoms with Gasteiger partial charge in [0, 0.05) is 19.1 Å². The number of nitrogens with one attached hydrogen (secondary N) is 1. The Morgan fingerprint density at radius 1 is 1.38 bits per heavy atom. The van der Waals surface area contributed by atoms with Crippen LogP contribution in [-0.2, 0) is 0 Å². The van der Waals surface area contributed by atoms with E-state index in [1.54, 1.807) is 0 Å². The Morgan fingerprint density at radius 2 is 2.19 bits per heavy atom. The summed E-state index contributed by atoms with van der Waals surface area (Å²) in [6.07, 6.45) is 7.84. The van der Waals surface area contributed by atoms with Gasteiger partial charge in [-0.3, -0.25) is 0 Å². The highest BCUT2D eigenvalue weighted by Crippen LogP contribution is 2.28. The number of hydrogen-bond donors (Lipinski definition) is 1. The average molecular weight is 294 g/mol. The first kappa shape index (κ1) is 14.5. The van der Waals surface area contributed by atoms with Crippen molar-refractivity contribution < 1.29 is 9.13 Å². The molecule has 2 heterocycles. The van der Waals surface area contributed by atoms with E-state index in [1.807, 2.05) is 0 Å². The van der Waals surface area contributed by atoms with Gasteiger partial charge in [-0.05, 0) is 31.7 Å². The van der Waals surface area contributed by atoms with Crippen LogP contribution in [0.2, 0.25) is 0 Å². The van der Waals surface area contributed by atoms with E-state index in [9.17, 15) is 4.39 Å². The van der Waals surface area contributed by atoms with Crippen molar-refractivity contribution in [3.05, 3.63) is 12.0 Å². The Bertz CT molecular complexity index is 479. The van der Waals surface area contributed by atoms with Gasteiger partial charge < -0.3 is 15.0 Å². The molecule has 0 unspecified atom stereocenters. The molecule has 116 valence electrons. The van der Waals surface area contributed by atoms with Crippen molar-refractivity contribution in [1.82, 2.24) is 14.9 Å². The molecule has 3 rings (SSSR count). The number of rotatable bonds is 5. The minimum absolute atomic E-state index is 0.00787. The Balaban J connectivity index is 1.49. The standard InChI is InChI=1S/C15H23FN4O/c1-21-14-13(16)9-18-15(19-14)17-8-11-6-7-20(10-11)12-4-2-3-5-12/h9,11-12H,2-8,10H2,1H3,(H,17,18,19)/t11-/m0/s1. The average Bonchev–Trinajstić information content (AvgIpc) is 3.17. The molecule has 1 aromatic heterocycles. The molecule has 0 aromatic carbocycles. The third kappa shape index (κ3) is 3.43. The van der Waals surface area contributed by atoms with Crippen LogP contribution in [0.3, 0.4) is 0 Å². The zero-order valence-corrected chi connectivity index (χ0v) is 12.5. The maximum atomic E-state index is 13.3. The lowest BCUT2D eigenvalue weighted by Gasteiger charge is -2.23. The highest BCUT2D eigenvalue weighted by molar-refractivity contribution is 5.28. The van der Waals surface area contributed by atoms with E-state index in [-0.39, 0.29) is 5.88 Å². The van der Waals surface area contributed by atoms with Crippen LogP contribution in [0.5, 0.6) is 5.88 Å². The van der Waals surface area contributed by atoms with Gasteiger partial charge in [0.15, 0.2) is 0 Å². The van der Waals surface area contributed by atoms with E-state index in [0.29, 0.717) is 11.9 Å². The number of likely N-dealkylation sites (tertiary alicyclic amines) is 1. The van der Waals surface area contributed by atoms with Crippen LogP contribution < -0.4 is 10.1 Å². The first-order chi connectivity index (χ1) is 10.3. The number of ether oxygens (including phenoxy) is 1. The van der Waals surface area contributed by atoms with Crippen LogP contribution in [-0.4, -0.2) is 47.7 Å². The fourth-order valence-corrected chi connectivity index (χ4v) is 3.45. The molecule has 6 heteroatoms. The van der Waals surface area contributed by atoms with E-state index in [2.05, 4.69) is 20.2 Å². The minimum atomic E-state index is -0.531. The SMILES string of the molecule is COc1nc(NC[C@@H]2CCN(C3CCCC3)C2)ncc1F. The lowest BCUT2D eigenvalue weighted by molar-refractivity contribution is 0.238. The molecule has 2 fully saturated rings. The molecule has 1 saturated carbocycles. The smallest absolute Gasteiger partial charge is 0.255 e. The number of methoxy groups -OCH3 is 1. The van der Waals surface area contributed by atoms with Gasteiger partial charge in [-0.2, -0.15) is 9.37 Å². The lowest BCUT2D eigenvalue weighted by Crippen LogP contribution is -2.31. The largest absolute Gasteiger partial charge is 0.479 e. The number of hydrogen-bond acceptors (Lipinski definition) is 5. The van der Waals surface area contributed by atoms with E-state index in [1.165, 1.54) is 45.8 Å². The summed E-state index contributed by atoms with van der Waals surface area (Å²) in [7, 11) is 1.41. The van der Waals surface area contributed by atoms with Crippen molar-refractivity contribution in [3.63, 3.8) is 0 Å². The van der Waals surface area contributed by atoms with E-state index >= 15 is 0 Å². The zero-order valence-electron chi connectivity index (χ0n) is 12.5. The molecule has 0 radical (unpaired) electrons. The Morgan fingerprint density at radius 3 is 2.95 bits per heavy atom. The summed E-state index contributed by atoms with van der Waals surface area (Å²) in [5.74, 6) is 0.514. The summed E-state index contributed by atoms with van der Waals surface area (Å²) in [6.45, 7) is 3.18. The van der Waals surface area contributed by atoms with E-state index in [4.69, 9.17) is 4.74 Å². The number of aromatic nitrogens is 2. The van der Waals surface area contributed by atoms with Crippen molar-refractivity contribution in [2.45, 2.75) is 38.1 Å². The molecule has 1 saturated heterocycles. The van der Waals surface area contributed by atoms with Crippen LogP contribution in [0.1, 0.15) is 32.1 Å². The first-order valence-electron chi connectivity index (χ1n) is 7.80. The maximum Gasteiger partial charge on any atom is 0.255 e. The van der Waals surface area contributed by atoms with Crippen LogP contribution in [0.25, 0.3) is 0 Å². The zero-order chi connectivity index (χ0) is 14.7. The summed E-state index contributed by atoms with van der Waals surface area (Å²) in [6, 6.07) is 0.803. The Labute approximate surface area is 124 Å². The fraction of sp³-hybridized carbons (Fsp3) is 0.733. The number of halogens is 1. The molecule has 0 spiro atoms. The lowest BCUT2D eigenvalue weighted by atomic mass is 10.1. The minimum Gasteiger partial charge on any atom is -0.479 e. The van der Waals surface area contributed by atoms with Crippen LogP contribution in [0.15, 0.2) is 6.20 Å². The molecule has 1 N–H and O–H groups in total. The van der Waals surface area contributed by atoms with Crippen molar-refractivity contribution in [2.24, 2.45) is 5.92 Å². The van der Waals surface area contributed by atoms with Gasteiger partial charge in [0.05, 0.1) is 13.3 Å². The predicted octanol–water partition coefficient (Wildman–Crippen LogP) is 2.30. The second-order valence-electron chi connectivity index (χ2n) is 6.02. The van der Waals surface area contributed by atoms with Gasteiger partial charge in [-0.15, -0.1) is 0 Å². The molecular weight excluding hydrogens is 271 g/mol. The molecule has 1 aromatic rings. The van der Waals surface area contributed by atoms with Crippen LogP contribution in [0.4, 0.5) is 10.3 Å². The molecule has 2 aliphatic rings. The Kier molecular flexibility index (Phi) is 4.53. The van der Waals surface area contributed by atoms with Gasteiger partial charge >= 0.3 is 0 Å². The Hall–Kier alpha value is -1.43. The molecule has 5 nitrogen and oxygen atoms in total. The second kappa shape index (κ2) is 6.56. The number of nitrogens with zero attached hydrogens (tertiary/aromatic N) is 3. The van der Waals surface area contributed by atoms with Crippen LogP contribution >= 0.6 is 0 Å². The van der Waals surface area contributed by atoms with Gasteiger partial charge in [0.25, 0.3) is 5.88 Å². The van der Waals surface area contributed by atoms with Crippen molar-refractivity contribution in [2.75, 3.05) is 32.1 Å². The van der Waals surface area contributed by atoms with Crippen molar-refractivity contribution in [3.8, 4) is 5.88 Å². The molecule has 21 heavy (non-hydrogen) atoms. The normalized spacial score (nSPS) is 23.6. The topological polar surface area (TPSA) is 50.3 Å². The van der Waals surface area contributed by atoms with Gasteiger partial charge in [-0.25, -0.2) is 4.98 Å². The second-order valence-corrected chi connectivity index (χ2v) is 6.02. The van der Waals surface area contributed by atoms with Crippen molar-refractivity contribution in [1.29, 1.82) is 0 Å². The third-order valence-electron chi connectivity index (χ3n) is 4.61. The van der Waals surface area contributed by atoms with Crippen molar-refractivity contribution >= 4 is 5.95 Å². The van der Waals surface area contributed by atoms with Gasteiger partial charge in [0.1, 0.15) is 0 Å². The highest BCUT2D eigenvalue weighted by Gasteiger charge is 2.29. The maximum absolute atomic E-state index is 13.3. The summed E-state index contributed by atoms with van der Waals surface area (Å²) in [4.78, 5) is 10.6. The summed E-state index contributed by atoms with van der Waals surface area (Å²) < 4.78 is 18.1. The molecule has 1 atom stereocenters.